The van der Waals surface area contributed by atoms with Gasteiger partial charge in [0.15, 0.2) is 5.69 Å². The average molecular weight is 375 g/mol. The highest BCUT2D eigenvalue weighted by atomic mass is 35.5. The number of hydrogen-bond donors (Lipinski definition) is 3. The van der Waals surface area contributed by atoms with Crippen molar-refractivity contribution >= 4 is 18.3 Å². The molecule has 4 rings (SSSR count). The van der Waals surface area contributed by atoms with E-state index in [1.807, 2.05) is 0 Å². The zero-order chi connectivity index (χ0) is 17.4. The van der Waals surface area contributed by atoms with Crippen LogP contribution in [0.5, 0.6) is 0 Å². The van der Waals surface area contributed by atoms with E-state index in [2.05, 4.69) is 52.9 Å². The number of H-pyrrole nitrogens is 1. The number of hydrogen-bond acceptors (Lipinski definition) is 3. The lowest BCUT2D eigenvalue weighted by atomic mass is 9.85. The molecule has 6 heteroatoms. The van der Waals surface area contributed by atoms with Gasteiger partial charge in [-0.05, 0) is 41.9 Å². The van der Waals surface area contributed by atoms with E-state index in [0.717, 1.165) is 43.5 Å². The Hall–Kier alpha value is -1.85. The summed E-state index contributed by atoms with van der Waals surface area (Å²) in [7, 11) is 0. The molecule has 2 aromatic rings. The van der Waals surface area contributed by atoms with Gasteiger partial charge in [0.25, 0.3) is 5.91 Å². The first-order chi connectivity index (χ1) is 12.1. The number of rotatable bonds is 3. The molecular weight excluding hydrogens is 348 g/mol. The van der Waals surface area contributed by atoms with Gasteiger partial charge >= 0.3 is 0 Å². The zero-order valence-corrected chi connectivity index (χ0v) is 16.2. The van der Waals surface area contributed by atoms with Crippen LogP contribution in [-0.2, 0) is 19.4 Å². The summed E-state index contributed by atoms with van der Waals surface area (Å²) in [6, 6.07) is 6.83. The van der Waals surface area contributed by atoms with E-state index < -0.39 is 0 Å². The van der Waals surface area contributed by atoms with Gasteiger partial charge in [-0.2, -0.15) is 5.10 Å². The van der Waals surface area contributed by atoms with E-state index in [4.69, 9.17) is 0 Å². The molecule has 1 atom stereocenters. The second kappa shape index (κ2) is 7.80. The number of carbonyl (C=O) groups excluding carboxylic acids is 1. The number of aromatic nitrogens is 2. The topological polar surface area (TPSA) is 69.8 Å². The third kappa shape index (κ3) is 3.51. The Kier molecular flexibility index (Phi) is 5.68. The summed E-state index contributed by atoms with van der Waals surface area (Å²) in [4.78, 5) is 12.9. The molecule has 0 radical (unpaired) electrons. The van der Waals surface area contributed by atoms with E-state index in [-0.39, 0.29) is 24.4 Å². The number of nitrogens with one attached hydrogen (secondary N) is 3. The van der Waals surface area contributed by atoms with Crippen LogP contribution < -0.4 is 10.6 Å². The molecule has 0 spiro atoms. The number of carbonyl (C=O) groups is 1. The predicted molar refractivity (Wildman–Crippen MR) is 105 cm³/mol. The summed E-state index contributed by atoms with van der Waals surface area (Å²) in [5.41, 5.74) is 6.65. The smallest absolute Gasteiger partial charge is 0.272 e. The van der Waals surface area contributed by atoms with E-state index >= 15 is 0 Å². The van der Waals surface area contributed by atoms with Gasteiger partial charge in [0.05, 0.1) is 6.04 Å². The summed E-state index contributed by atoms with van der Waals surface area (Å²) < 4.78 is 0. The molecule has 0 saturated heterocycles. The predicted octanol–water partition coefficient (Wildman–Crippen LogP) is 3.41. The van der Waals surface area contributed by atoms with Gasteiger partial charge in [-0.15, -0.1) is 12.4 Å². The molecule has 2 heterocycles. The molecule has 0 bridgehead atoms. The van der Waals surface area contributed by atoms with E-state index in [1.54, 1.807) is 0 Å². The largest absolute Gasteiger partial charge is 0.344 e. The van der Waals surface area contributed by atoms with Crippen molar-refractivity contribution in [2.75, 3.05) is 6.54 Å². The first-order valence-corrected chi connectivity index (χ1v) is 9.34. The molecule has 3 N–H and O–H groups in total. The standard InChI is InChI=1S/C20H26N4O.ClH/c1-12(2)14-7-6-13-4-3-5-17(15(13)10-14)22-20(25)19-16-11-21-9-8-18(16)23-24-19;/h6-7,10,12,17,21H,3-5,8-9,11H2,1-2H3,(H,22,25)(H,23,24);1H/t17-;/m1./s1. The molecule has 140 valence electrons. The van der Waals surface area contributed by atoms with Crippen LogP contribution in [0.2, 0.25) is 0 Å². The minimum absolute atomic E-state index is 0. The maximum Gasteiger partial charge on any atom is 0.272 e. The molecule has 1 aliphatic carbocycles. The van der Waals surface area contributed by atoms with Crippen molar-refractivity contribution in [3.05, 3.63) is 51.8 Å². The maximum atomic E-state index is 12.9. The van der Waals surface area contributed by atoms with Crippen molar-refractivity contribution in [1.29, 1.82) is 0 Å². The summed E-state index contributed by atoms with van der Waals surface area (Å²) in [6.45, 7) is 6.07. The second-order valence-corrected chi connectivity index (χ2v) is 7.49. The third-order valence-electron chi connectivity index (χ3n) is 5.48. The van der Waals surface area contributed by atoms with Crippen molar-refractivity contribution in [3.63, 3.8) is 0 Å². The van der Waals surface area contributed by atoms with Crippen LogP contribution in [0.4, 0.5) is 0 Å². The van der Waals surface area contributed by atoms with Crippen molar-refractivity contribution < 1.29 is 4.79 Å². The normalized spacial score (nSPS) is 18.7. The van der Waals surface area contributed by atoms with Crippen LogP contribution >= 0.6 is 12.4 Å². The quantitative estimate of drug-likeness (QED) is 0.771. The minimum Gasteiger partial charge on any atom is -0.344 e. The third-order valence-corrected chi connectivity index (χ3v) is 5.48. The van der Waals surface area contributed by atoms with Gasteiger partial charge in [-0.1, -0.05) is 32.0 Å². The van der Waals surface area contributed by atoms with Gasteiger partial charge < -0.3 is 10.6 Å². The molecule has 5 nitrogen and oxygen atoms in total. The van der Waals surface area contributed by atoms with Gasteiger partial charge in [-0.3, -0.25) is 9.89 Å². The highest BCUT2D eigenvalue weighted by Gasteiger charge is 2.26. The Morgan fingerprint density at radius 3 is 2.96 bits per heavy atom. The van der Waals surface area contributed by atoms with E-state index in [0.29, 0.717) is 18.2 Å². The Balaban J connectivity index is 0.00000196. The van der Waals surface area contributed by atoms with E-state index in [9.17, 15) is 4.79 Å². The van der Waals surface area contributed by atoms with Crippen LogP contribution in [0.25, 0.3) is 0 Å². The summed E-state index contributed by atoms with van der Waals surface area (Å²) in [5.74, 6) is 0.432. The molecule has 0 unspecified atom stereocenters. The number of aryl methyl sites for hydroxylation is 1. The summed E-state index contributed by atoms with van der Waals surface area (Å²) >= 11 is 0. The number of benzene rings is 1. The average Bonchev–Trinajstić information content (AvgIpc) is 3.06. The molecule has 1 aromatic carbocycles. The first-order valence-electron chi connectivity index (χ1n) is 9.34. The molecular formula is C20H27ClN4O. The fourth-order valence-electron chi connectivity index (χ4n) is 3.97. The molecule has 0 saturated carbocycles. The SMILES string of the molecule is CC(C)c1ccc2c(c1)[C@H](NC(=O)c1n[nH]c3c1CNCC3)CCC2.Cl. The highest BCUT2D eigenvalue weighted by molar-refractivity contribution is 5.94. The number of halogens is 1. The lowest BCUT2D eigenvalue weighted by Gasteiger charge is -2.27. The first kappa shape index (κ1) is 18.9. The fourth-order valence-corrected chi connectivity index (χ4v) is 3.97. The van der Waals surface area contributed by atoms with Crippen LogP contribution in [0, 0.1) is 0 Å². The maximum absolute atomic E-state index is 12.9. The van der Waals surface area contributed by atoms with E-state index in [1.165, 1.54) is 16.7 Å². The molecule has 0 fully saturated rings. The Morgan fingerprint density at radius 1 is 1.31 bits per heavy atom. The number of amides is 1. The zero-order valence-electron chi connectivity index (χ0n) is 15.4. The molecule has 1 aromatic heterocycles. The van der Waals surface area contributed by atoms with Gasteiger partial charge in [0.1, 0.15) is 0 Å². The van der Waals surface area contributed by atoms with Crippen molar-refractivity contribution in [3.8, 4) is 0 Å². The molecule has 1 aliphatic heterocycles. The number of nitrogens with zero attached hydrogens (tertiary/aromatic N) is 1. The van der Waals surface area contributed by atoms with Crippen molar-refractivity contribution in [2.24, 2.45) is 0 Å². The Bertz CT molecular complexity index is 799. The number of fused-ring (bicyclic) bond motifs is 2. The van der Waals surface area contributed by atoms with Crippen molar-refractivity contribution in [2.45, 2.75) is 58.0 Å². The highest BCUT2D eigenvalue weighted by Crippen LogP contribution is 2.32. The van der Waals surface area contributed by atoms with Crippen LogP contribution in [0.1, 0.15) is 77.1 Å². The van der Waals surface area contributed by atoms with Gasteiger partial charge in [0, 0.05) is 30.8 Å². The van der Waals surface area contributed by atoms with Gasteiger partial charge in [0.2, 0.25) is 0 Å². The van der Waals surface area contributed by atoms with Crippen LogP contribution in [0.3, 0.4) is 0 Å². The Labute approximate surface area is 160 Å². The lowest BCUT2D eigenvalue weighted by Crippen LogP contribution is -2.33. The fraction of sp³-hybridized carbons (Fsp3) is 0.500. The molecule has 1 amide bonds. The molecule has 2 aliphatic rings. The monoisotopic (exact) mass is 374 g/mol. The minimum atomic E-state index is -0.0611. The number of aromatic amines is 1. The van der Waals surface area contributed by atoms with Crippen LogP contribution in [-0.4, -0.2) is 22.6 Å². The summed E-state index contributed by atoms with van der Waals surface area (Å²) in [6.07, 6.45) is 4.10. The van der Waals surface area contributed by atoms with Crippen LogP contribution in [0.15, 0.2) is 18.2 Å². The van der Waals surface area contributed by atoms with Gasteiger partial charge in [-0.25, -0.2) is 0 Å². The summed E-state index contributed by atoms with van der Waals surface area (Å²) in [5, 5.41) is 13.9. The molecule has 26 heavy (non-hydrogen) atoms. The Morgan fingerprint density at radius 2 is 2.15 bits per heavy atom. The van der Waals surface area contributed by atoms with Crippen molar-refractivity contribution in [1.82, 2.24) is 20.8 Å². The second-order valence-electron chi connectivity index (χ2n) is 7.49. The lowest BCUT2D eigenvalue weighted by molar-refractivity contribution is 0.0926.